The molecule has 1 spiro atoms. The monoisotopic (exact) mass is 516 g/mol. The molecular weight excluding hydrogens is 492 g/mol. The van der Waals surface area contributed by atoms with Crippen LogP contribution >= 0.6 is 11.6 Å². The molecule has 2 aromatic rings. The van der Waals surface area contributed by atoms with Crippen LogP contribution in [0, 0.1) is 5.92 Å². The molecule has 3 unspecified atom stereocenters. The van der Waals surface area contributed by atoms with Crippen LogP contribution in [0.25, 0.3) is 0 Å². The lowest BCUT2D eigenvalue weighted by molar-refractivity contribution is -0.140. The van der Waals surface area contributed by atoms with Crippen LogP contribution in [-0.4, -0.2) is 54.7 Å². The SMILES string of the molecule is COC(=O)CC(C1=C(O)C2(Oc3c(Cl)c(OC)cc(OC)c3C2=O)C(C)CC1=O)c1ccc(O)cc1. The number of aliphatic hydroxyl groups is 1. The maximum Gasteiger partial charge on any atom is 0.306 e. The predicted molar refractivity (Wildman–Crippen MR) is 128 cm³/mol. The van der Waals surface area contributed by atoms with Gasteiger partial charge in [0.05, 0.1) is 27.8 Å². The van der Waals surface area contributed by atoms with Crippen molar-refractivity contribution in [1.82, 2.24) is 0 Å². The quantitative estimate of drug-likeness (QED) is 0.544. The number of phenolic OH excluding ortho intramolecular Hbond substituents is 1. The van der Waals surface area contributed by atoms with E-state index in [-0.39, 0.29) is 52.0 Å². The lowest BCUT2D eigenvalue weighted by Crippen LogP contribution is -2.53. The number of rotatable bonds is 6. The molecule has 2 N–H and O–H groups in total. The van der Waals surface area contributed by atoms with E-state index in [9.17, 15) is 24.6 Å². The molecule has 10 heteroatoms. The fourth-order valence-electron chi connectivity index (χ4n) is 4.88. The standard InChI is InChI=1S/C26H25ClO9/c1-12-9-16(29)20(15(10-19(30)35-4)13-5-7-14(28)8-6-13)24(31)26(12)25(32)21-17(33-2)11-18(34-3)22(27)23(21)36-26/h5-8,11-12,15,28,31H,9-10H2,1-4H3. The van der Waals surface area contributed by atoms with Gasteiger partial charge in [0, 0.05) is 29.9 Å². The molecule has 0 fully saturated rings. The van der Waals surface area contributed by atoms with Gasteiger partial charge >= 0.3 is 5.97 Å². The fraction of sp³-hybridized carbons (Fsp3) is 0.346. The van der Waals surface area contributed by atoms with Gasteiger partial charge in [0.25, 0.3) is 0 Å². The normalized spacial score (nSPS) is 21.8. The summed E-state index contributed by atoms with van der Waals surface area (Å²) >= 11 is 6.47. The zero-order valence-electron chi connectivity index (χ0n) is 20.1. The van der Waals surface area contributed by atoms with Crippen LogP contribution < -0.4 is 14.2 Å². The molecule has 2 aliphatic rings. The molecule has 0 amide bonds. The van der Waals surface area contributed by atoms with E-state index in [0.29, 0.717) is 5.56 Å². The number of aliphatic hydroxyl groups excluding tert-OH is 1. The van der Waals surface area contributed by atoms with Crippen molar-refractivity contribution in [3.63, 3.8) is 0 Å². The number of phenols is 1. The third kappa shape index (κ3) is 3.74. The molecule has 1 aliphatic carbocycles. The highest BCUT2D eigenvalue weighted by Crippen LogP contribution is 2.55. The number of Topliss-reactive ketones (excluding diaryl/α,β-unsaturated/α-hetero) is 2. The summed E-state index contributed by atoms with van der Waals surface area (Å²) in [5, 5.41) is 21.4. The average molecular weight is 517 g/mol. The summed E-state index contributed by atoms with van der Waals surface area (Å²) in [5.41, 5.74) is -1.64. The zero-order valence-corrected chi connectivity index (χ0v) is 20.8. The largest absolute Gasteiger partial charge is 0.508 e. The number of esters is 1. The molecule has 1 aliphatic heterocycles. The van der Waals surface area contributed by atoms with Crippen LogP contribution in [-0.2, 0) is 14.3 Å². The molecule has 9 nitrogen and oxygen atoms in total. The lowest BCUT2D eigenvalue weighted by Gasteiger charge is -2.38. The molecule has 0 saturated carbocycles. The first-order chi connectivity index (χ1) is 17.1. The van der Waals surface area contributed by atoms with Crippen LogP contribution in [0.3, 0.4) is 0 Å². The van der Waals surface area contributed by atoms with E-state index in [0.717, 1.165) is 0 Å². The van der Waals surface area contributed by atoms with Gasteiger partial charge in [-0.25, -0.2) is 0 Å². The number of methoxy groups -OCH3 is 3. The van der Waals surface area contributed by atoms with Crippen molar-refractivity contribution in [2.24, 2.45) is 5.92 Å². The van der Waals surface area contributed by atoms with Gasteiger partial charge in [-0.1, -0.05) is 30.7 Å². The van der Waals surface area contributed by atoms with Gasteiger partial charge in [-0.05, 0) is 17.7 Å². The summed E-state index contributed by atoms with van der Waals surface area (Å²) < 4.78 is 21.6. The van der Waals surface area contributed by atoms with E-state index in [1.54, 1.807) is 6.92 Å². The fourth-order valence-corrected chi connectivity index (χ4v) is 5.15. The van der Waals surface area contributed by atoms with Crippen molar-refractivity contribution in [3.8, 4) is 23.0 Å². The maximum absolute atomic E-state index is 13.9. The highest BCUT2D eigenvalue weighted by atomic mass is 35.5. The summed E-state index contributed by atoms with van der Waals surface area (Å²) in [6.07, 6.45) is -0.443. The molecule has 0 radical (unpaired) electrons. The number of ketones is 2. The van der Waals surface area contributed by atoms with Crippen LogP contribution in [0.4, 0.5) is 0 Å². The molecule has 3 atom stereocenters. The Labute approximate surface area is 212 Å². The third-order valence-corrected chi connectivity index (χ3v) is 7.11. The second-order valence-corrected chi connectivity index (χ2v) is 9.06. The van der Waals surface area contributed by atoms with E-state index in [1.165, 1.54) is 51.7 Å². The number of allylic oxidation sites excluding steroid dienone is 1. The van der Waals surface area contributed by atoms with E-state index in [1.807, 2.05) is 0 Å². The Balaban J connectivity index is 1.95. The van der Waals surface area contributed by atoms with E-state index in [4.69, 9.17) is 30.5 Å². The van der Waals surface area contributed by atoms with Crippen molar-refractivity contribution in [1.29, 1.82) is 0 Å². The smallest absolute Gasteiger partial charge is 0.306 e. The number of benzene rings is 2. The highest BCUT2D eigenvalue weighted by Gasteiger charge is 2.61. The number of aromatic hydroxyl groups is 1. The Morgan fingerprint density at radius 3 is 2.36 bits per heavy atom. The molecule has 0 aromatic heterocycles. The van der Waals surface area contributed by atoms with Crippen molar-refractivity contribution in [2.45, 2.75) is 31.3 Å². The van der Waals surface area contributed by atoms with Gasteiger partial charge in [0.2, 0.25) is 11.4 Å². The Bertz CT molecular complexity index is 1280. The van der Waals surface area contributed by atoms with Crippen molar-refractivity contribution in [2.75, 3.05) is 21.3 Å². The number of carbonyl (C=O) groups is 3. The second kappa shape index (κ2) is 9.39. The van der Waals surface area contributed by atoms with Crippen LogP contribution in [0.5, 0.6) is 23.0 Å². The molecule has 0 bridgehead atoms. The van der Waals surface area contributed by atoms with Gasteiger partial charge in [-0.15, -0.1) is 0 Å². The minimum absolute atomic E-state index is 0.0154. The first kappa shape index (κ1) is 25.4. The Hall–Kier alpha value is -3.72. The number of carbonyl (C=O) groups excluding carboxylic acids is 3. The molecule has 0 saturated heterocycles. The average Bonchev–Trinajstić information content (AvgIpc) is 3.18. The first-order valence-electron chi connectivity index (χ1n) is 11.1. The molecule has 190 valence electrons. The predicted octanol–water partition coefficient (Wildman–Crippen LogP) is 4.14. The lowest BCUT2D eigenvalue weighted by atomic mass is 9.69. The topological polar surface area (TPSA) is 129 Å². The van der Waals surface area contributed by atoms with Gasteiger partial charge in [0.1, 0.15) is 27.8 Å². The van der Waals surface area contributed by atoms with Crippen LogP contribution in [0.15, 0.2) is 41.7 Å². The second-order valence-electron chi connectivity index (χ2n) is 8.68. The van der Waals surface area contributed by atoms with E-state index < -0.39 is 40.7 Å². The molecule has 36 heavy (non-hydrogen) atoms. The Morgan fingerprint density at radius 2 is 1.78 bits per heavy atom. The number of fused-ring (bicyclic) bond motifs is 1. The van der Waals surface area contributed by atoms with Crippen molar-refractivity contribution < 1.29 is 43.5 Å². The molecule has 4 rings (SSSR count). The minimum atomic E-state index is -1.97. The Morgan fingerprint density at radius 1 is 1.14 bits per heavy atom. The highest BCUT2D eigenvalue weighted by molar-refractivity contribution is 6.35. The minimum Gasteiger partial charge on any atom is -0.508 e. The first-order valence-corrected chi connectivity index (χ1v) is 11.5. The van der Waals surface area contributed by atoms with Crippen LogP contribution in [0.2, 0.25) is 5.02 Å². The summed E-state index contributed by atoms with van der Waals surface area (Å²) in [6.45, 7) is 1.61. The maximum atomic E-state index is 13.9. The van der Waals surface area contributed by atoms with Gasteiger partial charge in [-0.2, -0.15) is 0 Å². The van der Waals surface area contributed by atoms with Gasteiger partial charge < -0.3 is 29.2 Å². The van der Waals surface area contributed by atoms with Gasteiger partial charge in [-0.3, -0.25) is 14.4 Å². The summed E-state index contributed by atoms with van der Waals surface area (Å²) in [6, 6.07) is 7.29. The number of hydrogen-bond acceptors (Lipinski definition) is 9. The summed E-state index contributed by atoms with van der Waals surface area (Å²) in [7, 11) is 3.97. The third-order valence-electron chi connectivity index (χ3n) is 6.75. The van der Waals surface area contributed by atoms with Crippen LogP contribution in [0.1, 0.15) is 41.6 Å². The van der Waals surface area contributed by atoms with E-state index >= 15 is 0 Å². The van der Waals surface area contributed by atoms with E-state index in [2.05, 4.69) is 0 Å². The zero-order chi connectivity index (χ0) is 26.4. The molecular formula is C26H25ClO9. The number of ether oxygens (including phenoxy) is 4. The molecule has 2 aromatic carbocycles. The number of halogens is 1. The summed E-state index contributed by atoms with van der Waals surface area (Å²) in [5.74, 6) is -3.78. The van der Waals surface area contributed by atoms with Gasteiger partial charge in [0.15, 0.2) is 17.3 Å². The molecule has 1 heterocycles. The number of hydrogen-bond donors (Lipinski definition) is 2. The van der Waals surface area contributed by atoms with Crippen molar-refractivity contribution >= 4 is 29.1 Å². The van der Waals surface area contributed by atoms with Crippen molar-refractivity contribution in [3.05, 3.63) is 57.8 Å². The summed E-state index contributed by atoms with van der Waals surface area (Å²) in [4.78, 5) is 39.5. The Kier molecular flexibility index (Phi) is 6.62.